The molecule has 3 heterocycles. The molecule has 11 heteroatoms. The summed E-state index contributed by atoms with van der Waals surface area (Å²) in [5.74, 6) is 0.0959. The van der Waals surface area contributed by atoms with Crippen LogP contribution in [0.25, 0.3) is 0 Å². The zero-order chi connectivity index (χ0) is 18.2. The van der Waals surface area contributed by atoms with Crippen LogP contribution in [0.2, 0.25) is 0 Å². The Morgan fingerprint density at radius 3 is 2.72 bits per heavy atom. The Kier molecular flexibility index (Phi) is 4.45. The van der Waals surface area contributed by atoms with Gasteiger partial charge in [-0.2, -0.15) is 22.6 Å². The number of halogens is 3. The predicted molar refractivity (Wildman–Crippen MR) is 84.0 cm³/mol. The average molecular weight is 375 g/mol. The van der Waals surface area contributed by atoms with Gasteiger partial charge in [-0.1, -0.05) is 0 Å². The van der Waals surface area contributed by atoms with E-state index in [9.17, 15) is 21.6 Å². The maximum absolute atomic E-state index is 12.7. The number of hydrogen-bond donors (Lipinski definition) is 1. The van der Waals surface area contributed by atoms with Crippen LogP contribution in [0.15, 0.2) is 24.4 Å². The van der Waals surface area contributed by atoms with E-state index in [1.165, 1.54) is 4.31 Å². The Bertz CT molecular complexity index is 879. The number of rotatable bonds is 4. The van der Waals surface area contributed by atoms with Gasteiger partial charge in [-0.3, -0.25) is 4.68 Å². The molecule has 1 aliphatic heterocycles. The molecule has 0 bridgehead atoms. The highest BCUT2D eigenvalue weighted by molar-refractivity contribution is 7.88. The first-order valence-corrected chi connectivity index (χ1v) is 9.25. The molecule has 0 spiro atoms. The fourth-order valence-electron chi connectivity index (χ4n) is 2.56. The molecule has 0 aromatic carbocycles. The topological polar surface area (TPSA) is 80.1 Å². The third-order valence-electron chi connectivity index (χ3n) is 3.82. The summed E-state index contributed by atoms with van der Waals surface area (Å²) in [5, 5.41) is 7.14. The fraction of sp³-hybridized carbons (Fsp3) is 0.429. The number of hydrogen-bond acceptors (Lipinski definition) is 5. The second-order valence-corrected chi connectivity index (χ2v) is 7.71. The molecule has 1 N–H and O–H groups in total. The molecule has 0 radical (unpaired) electrons. The molecule has 1 aliphatic rings. The molecule has 2 aromatic rings. The van der Waals surface area contributed by atoms with E-state index in [1.54, 1.807) is 10.7 Å². The third kappa shape index (κ3) is 4.10. The van der Waals surface area contributed by atoms with E-state index in [1.807, 2.05) is 0 Å². The molecular weight excluding hydrogens is 359 g/mol. The maximum atomic E-state index is 12.7. The first-order chi connectivity index (χ1) is 11.6. The molecule has 0 aliphatic carbocycles. The monoisotopic (exact) mass is 375 g/mol. The number of nitrogens with zero attached hydrogens (tertiary/aromatic N) is 4. The molecule has 25 heavy (non-hydrogen) atoms. The lowest BCUT2D eigenvalue weighted by atomic mass is 10.2. The zero-order valence-corrected chi connectivity index (χ0v) is 14.1. The summed E-state index contributed by atoms with van der Waals surface area (Å²) in [7, 11) is -3.27. The maximum Gasteiger partial charge on any atom is 0.416 e. The number of fused-ring (bicyclic) bond motifs is 1. The molecule has 7 nitrogen and oxygen atoms in total. The van der Waals surface area contributed by atoms with Crippen molar-refractivity contribution in [2.24, 2.45) is 0 Å². The number of nitrogens with one attached hydrogen (secondary N) is 1. The van der Waals surface area contributed by atoms with Crippen molar-refractivity contribution in [3.8, 4) is 0 Å². The SMILES string of the molecule is CS(=O)(=O)N1CCn2nc(CNc3cc(C(F)(F)F)ccn3)cc2C1. The van der Waals surface area contributed by atoms with Crippen LogP contribution >= 0.6 is 0 Å². The van der Waals surface area contributed by atoms with Crippen LogP contribution in [0.3, 0.4) is 0 Å². The van der Waals surface area contributed by atoms with Gasteiger partial charge in [0.1, 0.15) is 5.82 Å². The lowest BCUT2D eigenvalue weighted by Crippen LogP contribution is -2.37. The first kappa shape index (κ1) is 17.7. The number of pyridine rings is 1. The lowest BCUT2D eigenvalue weighted by Gasteiger charge is -2.25. The predicted octanol–water partition coefficient (Wildman–Crippen LogP) is 1.68. The quantitative estimate of drug-likeness (QED) is 0.880. The van der Waals surface area contributed by atoms with Gasteiger partial charge in [0.05, 0.1) is 42.8 Å². The summed E-state index contributed by atoms with van der Waals surface area (Å²) >= 11 is 0. The minimum Gasteiger partial charge on any atom is -0.364 e. The van der Waals surface area contributed by atoms with E-state index < -0.39 is 21.8 Å². The number of sulfonamides is 1. The number of alkyl halides is 3. The summed E-state index contributed by atoms with van der Waals surface area (Å²) in [4.78, 5) is 3.86. The van der Waals surface area contributed by atoms with Gasteiger partial charge < -0.3 is 5.32 Å². The lowest BCUT2D eigenvalue weighted by molar-refractivity contribution is -0.137. The smallest absolute Gasteiger partial charge is 0.364 e. The van der Waals surface area contributed by atoms with E-state index in [0.29, 0.717) is 18.8 Å². The van der Waals surface area contributed by atoms with Crippen molar-refractivity contribution in [1.82, 2.24) is 19.1 Å². The van der Waals surface area contributed by atoms with E-state index in [2.05, 4.69) is 15.4 Å². The summed E-state index contributed by atoms with van der Waals surface area (Å²) in [6.45, 7) is 1.20. The molecule has 0 unspecified atom stereocenters. The van der Waals surface area contributed by atoms with Crippen molar-refractivity contribution in [2.75, 3.05) is 18.1 Å². The Labute approximate surface area is 142 Å². The minimum atomic E-state index is -4.43. The highest BCUT2D eigenvalue weighted by Crippen LogP contribution is 2.30. The third-order valence-corrected chi connectivity index (χ3v) is 5.07. The van der Waals surface area contributed by atoms with E-state index in [4.69, 9.17) is 0 Å². The largest absolute Gasteiger partial charge is 0.416 e. The highest BCUT2D eigenvalue weighted by atomic mass is 32.2. The second kappa shape index (κ2) is 6.30. The molecule has 2 aromatic heterocycles. The van der Waals surface area contributed by atoms with Gasteiger partial charge in [-0.25, -0.2) is 13.4 Å². The molecular formula is C14H16F3N5O2S. The fourth-order valence-corrected chi connectivity index (χ4v) is 3.34. The van der Waals surface area contributed by atoms with Gasteiger partial charge in [0.15, 0.2) is 0 Å². The molecule has 0 saturated heterocycles. The summed E-state index contributed by atoms with van der Waals surface area (Å²) < 4.78 is 64.4. The van der Waals surface area contributed by atoms with E-state index >= 15 is 0 Å². The summed E-state index contributed by atoms with van der Waals surface area (Å²) in [6, 6.07) is 3.57. The Hall–Kier alpha value is -2.14. The number of anilines is 1. The minimum absolute atomic E-state index is 0.0959. The molecule has 0 atom stereocenters. The van der Waals surface area contributed by atoms with Crippen molar-refractivity contribution in [3.63, 3.8) is 0 Å². The number of aromatic nitrogens is 3. The molecule has 3 rings (SSSR count). The van der Waals surface area contributed by atoms with Crippen LogP contribution < -0.4 is 5.32 Å². The molecule has 0 fully saturated rings. The molecule has 0 amide bonds. The van der Waals surface area contributed by atoms with Crippen molar-refractivity contribution in [1.29, 1.82) is 0 Å². The van der Waals surface area contributed by atoms with Crippen LogP contribution in [0.4, 0.5) is 19.0 Å². The molecule has 0 saturated carbocycles. The standard InChI is InChI=1S/C14H16F3N5O2S/c1-25(23,24)21-4-5-22-12(9-21)7-11(20-22)8-19-13-6-10(2-3-18-13)14(15,16)17/h2-3,6-7H,4-5,8-9H2,1H3,(H,18,19). The Balaban J connectivity index is 1.69. The van der Waals surface area contributed by atoms with Crippen LogP contribution in [0, 0.1) is 0 Å². The van der Waals surface area contributed by atoms with Crippen LogP contribution in [-0.4, -0.2) is 40.3 Å². The van der Waals surface area contributed by atoms with E-state index in [0.717, 1.165) is 30.3 Å². The second-order valence-electron chi connectivity index (χ2n) is 5.73. The van der Waals surface area contributed by atoms with Gasteiger partial charge in [-0.15, -0.1) is 0 Å². The van der Waals surface area contributed by atoms with Crippen LogP contribution in [-0.2, 0) is 35.8 Å². The van der Waals surface area contributed by atoms with Crippen molar-refractivity contribution < 1.29 is 21.6 Å². The van der Waals surface area contributed by atoms with Crippen LogP contribution in [0.1, 0.15) is 17.0 Å². The normalized spacial score (nSPS) is 15.8. The molecule has 136 valence electrons. The Morgan fingerprint density at radius 2 is 2.04 bits per heavy atom. The van der Waals surface area contributed by atoms with Crippen molar-refractivity contribution >= 4 is 15.8 Å². The van der Waals surface area contributed by atoms with Crippen molar-refractivity contribution in [3.05, 3.63) is 41.3 Å². The van der Waals surface area contributed by atoms with Crippen molar-refractivity contribution in [2.45, 2.75) is 25.8 Å². The van der Waals surface area contributed by atoms with Gasteiger partial charge >= 0.3 is 6.18 Å². The zero-order valence-electron chi connectivity index (χ0n) is 13.3. The highest BCUT2D eigenvalue weighted by Gasteiger charge is 2.30. The van der Waals surface area contributed by atoms with E-state index in [-0.39, 0.29) is 18.9 Å². The van der Waals surface area contributed by atoms with Gasteiger partial charge in [0.25, 0.3) is 0 Å². The van der Waals surface area contributed by atoms with Gasteiger partial charge in [0.2, 0.25) is 10.0 Å². The Morgan fingerprint density at radius 1 is 1.28 bits per heavy atom. The summed E-state index contributed by atoms with van der Waals surface area (Å²) in [6.07, 6.45) is -2.18. The van der Waals surface area contributed by atoms with Crippen LogP contribution in [0.5, 0.6) is 0 Å². The first-order valence-electron chi connectivity index (χ1n) is 7.41. The van der Waals surface area contributed by atoms with Gasteiger partial charge in [-0.05, 0) is 18.2 Å². The summed E-state index contributed by atoms with van der Waals surface area (Å²) in [5.41, 5.74) is 0.563. The average Bonchev–Trinajstić information content (AvgIpc) is 2.93. The van der Waals surface area contributed by atoms with Gasteiger partial charge in [0, 0.05) is 12.7 Å².